The molecule has 7 nitrogen and oxygen atoms in total. The van der Waals surface area contributed by atoms with Crippen molar-refractivity contribution in [2.45, 2.75) is 49.9 Å². The monoisotopic (exact) mass is 494 g/mol. The van der Waals surface area contributed by atoms with Crippen molar-refractivity contribution >= 4 is 39.3 Å². The number of halogens is 1. The van der Waals surface area contributed by atoms with Gasteiger partial charge in [-0.05, 0) is 34.3 Å². The van der Waals surface area contributed by atoms with Crippen LogP contribution < -0.4 is 0 Å². The molecule has 1 atom stereocenters. The number of thiazole rings is 1. The second kappa shape index (κ2) is 8.64. The first-order chi connectivity index (χ1) is 14.4. The molecule has 30 heavy (non-hydrogen) atoms. The van der Waals surface area contributed by atoms with Gasteiger partial charge in [-0.15, -0.1) is 11.3 Å². The maximum absolute atomic E-state index is 13.1. The standard InChI is InChI=1S/C21H23BrN2O5S/c22-16-12-30-18(23-16)21(29-11-17(25)26)13-20(8-4-5-9-20)24(14-21)19(27)28-10-15-6-2-1-3-7-15/h1-3,6-7,12H,4-5,8-11,13-14H2,(H,25,26). The Labute approximate surface area is 187 Å². The third-order valence-electron chi connectivity index (χ3n) is 5.90. The Kier molecular flexibility index (Phi) is 6.13. The molecule has 4 rings (SSSR count). The highest BCUT2D eigenvalue weighted by atomic mass is 79.9. The molecule has 0 bridgehead atoms. The molecule has 1 unspecified atom stereocenters. The number of amides is 1. The smallest absolute Gasteiger partial charge is 0.410 e. The Bertz CT molecular complexity index is 915. The average Bonchev–Trinajstić information content (AvgIpc) is 3.46. The van der Waals surface area contributed by atoms with Crippen LogP contribution in [0.5, 0.6) is 0 Å². The van der Waals surface area contributed by atoms with Gasteiger partial charge in [0.1, 0.15) is 28.4 Å². The summed E-state index contributed by atoms with van der Waals surface area (Å²) in [6.45, 7) is -0.0218. The number of benzene rings is 1. The van der Waals surface area contributed by atoms with Crippen molar-refractivity contribution in [3.05, 3.63) is 50.9 Å². The van der Waals surface area contributed by atoms with E-state index in [4.69, 9.17) is 9.47 Å². The van der Waals surface area contributed by atoms with E-state index < -0.39 is 29.8 Å². The number of carbonyl (C=O) groups is 2. The number of carboxylic acids is 1. The van der Waals surface area contributed by atoms with Gasteiger partial charge in [0.15, 0.2) is 0 Å². The Balaban J connectivity index is 1.60. The van der Waals surface area contributed by atoms with Gasteiger partial charge in [-0.25, -0.2) is 14.6 Å². The fraction of sp³-hybridized carbons (Fsp3) is 0.476. The summed E-state index contributed by atoms with van der Waals surface area (Å²) in [5.41, 5.74) is -0.432. The van der Waals surface area contributed by atoms with Crippen LogP contribution in [-0.2, 0) is 26.5 Å². The highest BCUT2D eigenvalue weighted by molar-refractivity contribution is 9.10. The minimum Gasteiger partial charge on any atom is -0.480 e. The van der Waals surface area contributed by atoms with E-state index in [1.807, 2.05) is 35.7 Å². The van der Waals surface area contributed by atoms with Crippen LogP contribution in [0.3, 0.4) is 0 Å². The van der Waals surface area contributed by atoms with Gasteiger partial charge >= 0.3 is 12.1 Å². The number of carboxylic acid groups (broad SMARTS) is 1. The van der Waals surface area contributed by atoms with Gasteiger partial charge in [0.25, 0.3) is 0 Å². The molecule has 1 saturated carbocycles. The zero-order valence-corrected chi connectivity index (χ0v) is 18.8. The molecule has 1 saturated heterocycles. The van der Waals surface area contributed by atoms with E-state index in [1.165, 1.54) is 11.3 Å². The van der Waals surface area contributed by atoms with Crippen LogP contribution in [0.25, 0.3) is 0 Å². The number of aliphatic carboxylic acids is 1. The lowest BCUT2D eigenvalue weighted by Crippen LogP contribution is -2.45. The Morgan fingerprint density at radius 3 is 2.60 bits per heavy atom. The normalized spacial score (nSPS) is 22.5. The maximum Gasteiger partial charge on any atom is 0.410 e. The van der Waals surface area contributed by atoms with Crippen molar-refractivity contribution in [1.29, 1.82) is 0 Å². The van der Waals surface area contributed by atoms with E-state index in [9.17, 15) is 14.7 Å². The number of likely N-dealkylation sites (tertiary alicyclic amines) is 1. The Morgan fingerprint density at radius 2 is 1.97 bits per heavy atom. The largest absolute Gasteiger partial charge is 0.480 e. The zero-order valence-electron chi connectivity index (χ0n) is 16.4. The van der Waals surface area contributed by atoms with Crippen LogP contribution in [0, 0.1) is 0 Å². The van der Waals surface area contributed by atoms with Crippen LogP contribution in [0.2, 0.25) is 0 Å². The lowest BCUT2D eigenvalue weighted by molar-refractivity contribution is -0.150. The summed E-state index contributed by atoms with van der Waals surface area (Å²) < 4.78 is 12.3. The minimum atomic E-state index is -1.05. The van der Waals surface area contributed by atoms with E-state index in [-0.39, 0.29) is 13.2 Å². The Hall–Kier alpha value is -1.97. The molecule has 2 aromatic rings. The van der Waals surface area contributed by atoms with Gasteiger partial charge < -0.3 is 14.6 Å². The summed E-state index contributed by atoms with van der Waals surface area (Å²) in [7, 11) is 0. The third kappa shape index (κ3) is 4.24. The first-order valence-electron chi connectivity index (χ1n) is 9.88. The second-order valence-corrected chi connectivity index (χ2v) is 9.56. The molecule has 1 aliphatic carbocycles. The predicted octanol–water partition coefficient (Wildman–Crippen LogP) is 4.56. The highest BCUT2D eigenvalue weighted by Gasteiger charge is 2.59. The summed E-state index contributed by atoms with van der Waals surface area (Å²) in [5.74, 6) is -1.05. The van der Waals surface area contributed by atoms with Crippen molar-refractivity contribution in [2.75, 3.05) is 13.2 Å². The highest BCUT2D eigenvalue weighted by Crippen LogP contribution is 2.52. The lowest BCUT2D eigenvalue weighted by Gasteiger charge is -2.33. The molecular weight excluding hydrogens is 472 g/mol. The van der Waals surface area contributed by atoms with Gasteiger partial charge in [-0.1, -0.05) is 43.2 Å². The molecular formula is C21H23BrN2O5S. The molecule has 1 amide bonds. The number of carbonyl (C=O) groups excluding carboxylic acids is 1. The minimum absolute atomic E-state index is 0.192. The van der Waals surface area contributed by atoms with Gasteiger partial charge in [0.05, 0.1) is 6.54 Å². The summed E-state index contributed by atoms with van der Waals surface area (Å²) >= 11 is 4.78. The van der Waals surface area contributed by atoms with Gasteiger partial charge in [-0.2, -0.15) is 0 Å². The fourth-order valence-corrected chi connectivity index (χ4v) is 6.00. The molecule has 1 aliphatic heterocycles. The first-order valence-corrected chi connectivity index (χ1v) is 11.6. The molecule has 0 radical (unpaired) electrons. The number of ether oxygens (including phenoxy) is 2. The van der Waals surface area contributed by atoms with Crippen LogP contribution in [0.1, 0.15) is 42.7 Å². The van der Waals surface area contributed by atoms with Crippen molar-refractivity contribution in [3.63, 3.8) is 0 Å². The average molecular weight is 495 g/mol. The van der Waals surface area contributed by atoms with E-state index in [1.54, 1.807) is 4.90 Å². The second-order valence-electron chi connectivity index (χ2n) is 7.89. The maximum atomic E-state index is 13.1. The lowest BCUT2D eigenvalue weighted by atomic mass is 9.88. The van der Waals surface area contributed by atoms with Gasteiger partial charge in [0.2, 0.25) is 0 Å². The predicted molar refractivity (Wildman–Crippen MR) is 114 cm³/mol. The summed E-state index contributed by atoms with van der Waals surface area (Å²) in [6, 6.07) is 9.55. The quantitative estimate of drug-likeness (QED) is 0.632. The Morgan fingerprint density at radius 1 is 1.23 bits per heavy atom. The van der Waals surface area contributed by atoms with Crippen molar-refractivity contribution in [2.24, 2.45) is 0 Å². The molecule has 9 heteroatoms. The van der Waals surface area contributed by atoms with Crippen LogP contribution in [0.15, 0.2) is 40.3 Å². The zero-order chi connectivity index (χ0) is 21.2. The van der Waals surface area contributed by atoms with Gasteiger partial charge in [0, 0.05) is 17.3 Å². The molecule has 1 spiro atoms. The molecule has 2 heterocycles. The third-order valence-corrected chi connectivity index (χ3v) is 7.64. The molecule has 2 aliphatic rings. The first kappa shape index (κ1) is 21.3. The van der Waals surface area contributed by atoms with Crippen LogP contribution >= 0.6 is 27.3 Å². The van der Waals surface area contributed by atoms with Crippen molar-refractivity contribution < 1.29 is 24.2 Å². The molecule has 2 fully saturated rings. The summed E-state index contributed by atoms with van der Waals surface area (Å²) in [5, 5.41) is 11.8. The molecule has 160 valence electrons. The number of hydrogen-bond acceptors (Lipinski definition) is 6. The van der Waals surface area contributed by atoms with Crippen molar-refractivity contribution in [1.82, 2.24) is 9.88 Å². The molecule has 1 aromatic heterocycles. The van der Waals surface area contributed by atoms with Crippen LogP contribution in [-0.4, -0.2) is 45.7 Å². The van der Waals surface area contributed by atoms with Crippen molar-refractivity contribution in [3.8, 4) is 0 Å². The van der Waals surface area contributed by atoms with E-state index in [0.29, 0.717) is 16.0 Å². The number of nitrogens with zero attached hydrogens (tertiary/aromatic N) is 2. The SMILES string of the molecule is O=C(O)COC1(c2nc(Br)cs2)CN(C(=O)OCc2ccccc2)C2(CCCC2)C1. The fourth-order valence-electron chi connectivity index (χ4n) is 4.61. The molecule has 1 N–H and O–H groups in total. The number of hydrogen-bond donors (Lipinski definition) is 1. The van der Waals surface area contributed by atoms with E-state index in [0.717, 1.165) is 31.2 Å². The van der Waals surface area contributed by atoms with Crippen LogP contribution in [0.4, 0.5) is 4.79 Å². The summed E-state index contributed by atoms with van der Waals surface area (Å²) in [4.78, 5) is 30.7. The summed E-state index contributed by atoms with van der Waals surface area (Å²) in [6.07, 6.45) is 3.85. The van der Waals surface area contributed by atoms with E-state index >= 15 is 0 Å². The topological polar surface area (TPSA) is 89.0 Å². The molecule has 1 aromatic carbocycles. The van der Waals surface area contributed by atoms with Gasteiger partial charge in [-0.3, -0.25) is 4.90 Å². The van der Waals surface area contributed by atoms with E-state index in [2.05, 4.69) is 20.9 Å². The number of rotatable bonds is 6. The number of aromatic nitrogens is 1.